The molecule has 126 valence electrons. The molecule has 0 saturated carbocycles. The van der Waals surface area contributed by atoms with Gasteiger partial charge in [-0.15, -0.1) is 0 Å². The summed E-state index contributed by atoms with van der Waals surface area (Å²) >= 11 is 0. The molecule has 0 unspecified atom stereocenters. The van der Waals surface area contributed by atoms with E-state index in [0.29, 0.717) is 24.9 Å². The molecule has 0 aliphatic rings. The number of benzene rings is 1. The number of nitrogens with zero attached hydrogens (tertiary/aromatic N) is 3. The molecule has 2 aromatic heterocycles. The lowest BCUT2D eigenvalue weighted by Crippen LogP contribution is -2.30. The molecule has 0 spiro atoms. The molecule has 0 atom stereocenters. The maximum atomic E-state index is 12.6. The normalized spacial score (nSPS) is 11.5. The van der Waals surface area contributed by atoms with E-state index in [4.69, 9.17) is 0 Å². The fraction of sp³-hybridized carbons (Fsp3) is 0.389. The maximum Gasteiger partial charge on any atom is 0.291 e. The standard InChI is InChI=1S/C18H22N4O2/c1-12(2)20-16(23)9-6-10-22-15-8-5-4-7-13(15)14-11-19-21(3)18(24)17(14)22/h4-5,7-8,11-12H,6,9-10H2,1-3H3,(H,20,23). The Balaban J connectivity index is 1.98. The van der Waals surface area contributed by atoms with Crippen molar-refractivity contribution in [1.82, 2.24) is 19.7 Å². The van der Waals surface area contributed by atoms with E-state index < -0.39 is 0 Å². The summed E-state index contributed by atoms with van der Waals surface area (Å²) in [4.78, 5) is 24.4. The Kier molecular flexibility index (Phi) is 4.38. The van der Waals surface area contributed by atoms with Crippen LogP contribution in [0.1, 0.15) is 26.7 Å². The van der Waals surface area contributed by atoms with Crippen molar-refractivity contribution in [3.8, 4) is 0 Å². The molecule has 1 amide bonds. The summed E-state index contributed by atoms with van der Waals surface area (Å²) in [5, 5.41) is 8.91. The molecule has 0 bridgehead atoms. The first-order valence-corrected chi connectivity index (χ1v) is 8.21. The van der Waals surface area contributed by atoms with Crippen LogP contribution in [0.3, 0.4) is 0 Å². The van der Waals surface area contributed by atoms with E-state index in [2.05, 4.69) is 10.4 Å². The van der Waals surface area contributed by atoms with E-state index in [0.717, 1.165) is 16.3 Å². The van der Waals surface area contributed by atoms with Crippen LogP contribution in [0.15, 0.2) is 35.3 Å². The van der Waals surface area contributed by atoms with Gasteiger partial charge in [0.15, 0.2) is 0 Å². The third kappa shape index (κ3) is 2.91. The van der Waals surface area contributed by atoms with Gasteiger partial charge < -0.3 is 9.88 Å². The summed E-state index contributed by atoms with van der Waals surface area (Å²) in [6.45, 7) is 4.51. The number of amides is 1. The minimum atomic E-state index is -0.115. The molecule has 3 rings (SSSR count). The van der Waals surface area contributed by atoms with Gasteiger partial charge >= 0.3 is 0 Å². The van der Waals surface area contributed by atoms with Crippen molar-refractivity contribution >= 4 is 27.7 Å². The summed E-state index contributed by atoms with van der Waals surface area (Å²) in [7, 11) is 1.65. The summed E-state index contributed by atoms with van der Waals surface area (Å²) in [5.74, 6) is 0.0420. The highest BCUT2D eigenvalue weighted by atomic mass is 16.1. The van der Waals surface area contributed by atoms with Crippen LogP contribution in [0.4, 0.5) is 0 Å². The number of aryl methyl sites for hydroxylation is 2. The molecule has 0 fully saturated rings. The summed E-state index contributed by atoms with van der Waals surface area (Å²) in [5.41, 5.74) is 1.54. The summed E-state index contributed by atoms with van der Waals surface area (Å²) < 4.78 is 3.36. The molecule has 1 N–H and O–H groups in total. The zero-order valence-electron chi connectivity index (χ0n) is 14.2. The van der Waals surface area contributed by atoms with Gasteiger partial charge in [0.05, 0.1) is 6.20 Å². The molecule has 0 aliphatic heterocycles. The van der Waals surface area contributed by atoms with Crippen LogP contribution in [0.5, 0.6) is 0 Å². The Bertz CT molecular complexity index is 953. The molecule has 0 saturated heterocycles. The third-order valence-corrected chi connectivity index (χ3v) is 4.10. The van der Waals surface area contributed by atoms with Crippen LogP contribution >= 0.6 is 0 Å². The van der Waals surface area contributed by atoms with Gasteiger partial charge in [-0.25, -0.2) is 4.68 Å². The largest absolute Gasteiger partial charge is 0.354 e. The zero-order chi connectivity index (χ0) is 17.3. The number of nitrogens with one attached hydrogen (secondary N) is 1. The Morgan fingerprint density at radius 2 is 2.00 bits per heavy atom. The number of carbonyl (C=O) groups excluding carboxylic acids is 1. The SMILES string of the molecule is CC(C)NC(=O)CCCn1c2ccccc2c2cnn(C)c(=O)c21. The van der Waals surface area contributed by atoms with Crippen molar-refractivity contribution in [2.45, 2.75) is 39.3 Å². The first kappa shape index (κ1) is 16.2. The average Bonchev–Trinajstić information content (AvgIpc) is 2.85. The molecular formula is C18H22N4O2. The number of fused-ring (bicyclic) bond motifs is 3. The van der Waals surface area contributed by atoms with E-state index in [1.54, 1.807) is 13.2 Å². The van der Waals surface area contributed by atoms with Gasteiger partial charge in [0.2, 0.25) is 5.91 Å². The molecule has 0 radical (unpaired) electrons. The van der Waals surface area contributed by atoms with Crippen LogP contribution in [-0.2, 0) is 18.4 Å². The lowest BCUT2D eigenvalue weighted by atomic mass is 10.2. The van der Waals surface area contributed by atoms with E-state index >= 15 is 0 Å². The van der Waals surface area contributed by atoms with E-state index in [9.17, 15) is 9.59 Å². The third-order valence-electron chi connectivity index (χ3n) is 4.10. The Hall–Kier alpha value is -2.63. The molecule has 6 heteroatoms. The first-order valence-electron chi connectivity index (χ1n) is 8.21. The van der Waals surface area contributed by atoms with Gasteiger partial charge in [-0.2, -0.15) is 5.10 Å². The van der Waals surface area contributed by atoms with Gasteiger partial charge in [0, 0.05) is 42.3 Å². The number of aromatic nitrogens is 3. The van der Waals surface area contributed by atoms with E-state index in [1.807, 2.05) is 42.7 Å². The topological polar surface area (TPSA) is 68.9 Å². The first-order chi connectivity index (χ1) is 11.5. The molecule has 1 aromatic carbocycles. The van der Waals surface area contributed by atoms with Crippen LogP contribution in [0.2, 0.25) is 0 Å². The van der Waals surface area contributed by atoms with Crippen molar-refractivity contribution < 1.29 is 4.79 Å². The van der Waals surface area contributed by atoms with Gasteiger partial charge in [-0.3, -0.25) is 9.59 Å². The second kappa shape index (κ2) is 6.47. The predicted octanol–water partition coefficient (Wildman–Crippen LogP) is 2.19. The van der Waals surface area contributed by atoms with Gasteiger partial charge in [-0.05, 0) is 26.3 Å². The molecule has 6 nitrogen and oxygen atoms in total. The maximum absolute atomic E-state index is 12.6. The number of rotatable bonds is 5. The highest BCUT2D eigenvalue weighted by Crippen LogP contribution is 2.26. The zero-order valence-corrected chi connectivity index (χ0v) is 14.2. The van der Waals surface area contributed by atoms with Crippen molar-refractivity contribution in [1.29, 1.82) is 0 Å². The second-order valence-electron chi connectivity index (χ2n) is 6.33. The average molecular weight is 326 g/mol. The fourth-order valence-electron chi connectivity index (χ4n) is 3.07. The van der Waals surface area contributed by atoms with Crippen molar-refractivity contribution in [2.75, 3.05) is 0 Å². The fourth-order valence-corrected chi connectivity index (χ4v) is 3.07. The minimum Gasteiger partial charge on any atom is -0.354 e. The number of para-hydroxylation sites is 1. The predicted molar refractivity (Wildman–Crippen MR) is 95.0 cm³/mol. The van der Waals surface area contributed by atoms with Gasteiger partial charge in [0.25, 0.3) is 5.56 Å². The molecule has 24 heavy (non-hydrogen) atoms. The lowest BCUT2D eigenvalue weighted by Gasteiger charge is -2.10. The van der Waals surface area contributed by atoms with Crippen LogP contribution in [0, 0.1) is 0 Å². The number of carbonyl (C=O) groups is 1. The summed E-state index contributed by atoms with van der Waals surface area (Å²) in [6.07, 6.45) is 2.86. The van der Waals surface area contributed by atoms with E-state index in [-0.39, 0.29) is 17.5 Å². The highest BCUT2D eigenvalue weighted by Gasteiger charge is 2.15. The minimum absolute atomic E-state index is 0.0420. The van der Waals surface area contributed by atoms with Crippen LogP contribution in [-0.4, -0.2) is 26.3 Å². The van der Waals surface area contributed by atoms with E-state index in [1.165, 1.54) is 4.68 Å². The number of hydrogen-bond acceptors (Lipinski definition) is 3. The van der Waals surface area contributed by atoms with Gasteiger partial charge in [0.1, 0.15) is 5.52 Å². The van der Waals surface area contributed by atoms with Crippen molar-refractivity contribution in [3.63, 3.8) is 0 Å². The monoisotopic (exact) mass is 326 g/mol. The number of hydrogen-bond donors (Lipinski definition) is 1. The van der Waals surface area contributed by atoms with Crippen molar-refractivity contribution in [2.24, 2.45) is 7.05 Å². The Morgan fingerprint density at radius 3 is 2.75 bits per heavy atom. The van der Waals surface area contributed by atoms with Gasteiger partial charge in [-0.1, -0.05) is 18.2 Å². The second-order valence-corrected chi connectivity index (χ2v) is 6.33. The molecule has 3 aromatic rings. The molecule has 2 heterocycles. The quantitative estimate of drug-likeness (QED) is 0.781. The van der Waals surface area contributed by atoms with Crippen LogP contribution < -0.4 is 10.9 Å². The smallest absolute Gasteiger partial charge is 0.291 e. The highest BCUT2D eigenvalue weighted by molar-refractivity contribution is 6.07. The lowest BCUT2D eigenvalue weighted by molar-refractivity contribution is -0.121. The Morgan fingerprint density at radius 1 is 1.25 bits per heavy atom. The molecular weight excluding hydrogens is 304 g/mol. The van der Waals surface area contributed by atoms with Crippen LogP contribution in [0.25, 0.3) is 21.8 Å². The molecule has 0 aliphatic carbocycles. The van der Waals surface area contributed by atoms with Crippen molar-refractivity contribution in [3.05, 3.63) is 40.8 Å². The summed E-state index contributed by atoms with van der Waals surface area (Å²) in [6, 6.07) is 8.06. The Labute approximate surface area is 140 Å².